The van der Waals surface area contributed by atoms with Gasteiger partial charge >= 0.3 is 0 Å². The van der Waals surface area contributed by atoms with Gasteiger partial charge in [-0.3, -0.25) is 14.2 Å². The Hall–Kier alpha value is -3.65. The summed E-state index contributed by atoms with van der Waals surface area (Å²) in [6.45, 7) is 5.69. The van der Waals surface area contributed by atoms with Crippen LogP contribution in [0.1, 0.15) is 42.4 Å². The van der Waals surface area contributed by atoms with E-state index in [0.29, 0.717) is 26.1 Å². The third-order valence-electron chi connectivity index (χ3n) is 7.09. The van der Waals surface area contributed by atoms with E-state index in [2.05, 4.69) is 26.9 Å². The first kappa shape index (κ1) is 26.0. The molecule has 4 aromatic rings. The lowest BCUT2D eigenvalue weighted by Gasteiger charge is -2.40. The Morgan fingerprint density at radius 1 is 0.921 bits per heavy atom. The molecule has 196 valence electrons. The quantitative estimate of drug-likeness (QED) is 0.228. The van der Waals surface area contributed by atoms with Crippen molar-refractivity contribution in [2.24, 2.45) is 0 Å². The van der Waals surface area contributed by atoms with Crippen molar-refractivity contribution in [1.82, 2.24) is 24.6 Å². The number of carbonyl (C=O) groups excluding carboxylic acids is 2. The molecule has 0 saturated carbocycles. The van der Waals surface area contributed by atoms with Crippen LogP contribution in [0.2, 0.25) is 0 Å². The van der Waals surface area contributed by atoms with Crippen LogP contribution >= 0.6 is 11.8 Å². The molecule has 1 aromatic heterocycles. The second kappa shape index (κ2) is 11.8. The summed E-state index contributed by atoms with van der Waals surface area (Å²) in [6, 6.07) is 23.9. The fraction of sp³-hybridized carbons (Fsp3) is 0.333. The van der Waals surface area contributed by atoms with Gasteiger partial charge in [-0.1, -0.05) is 66.4 Å². The number of nitrogens with zero attached hydrogens (tertiary/aromatic N) is 5. The molecule has 1 unspecified atom stereocenters. The van der Waals surface area contributed by atoms with E-state index in [0.717, 1.165) is 51.6 Å². The van der Waals surface area contributed by atoms with Gasteiger partial charge in [0.05, 0.1) is 0 Å². The van der Waals surface area contributed by atoms with E-state index >= 15 is 0 Å². The number of aryl methyl sites for hydroxylation is 1. The van der Waals surface area contributed by atoms with Crippen molar-refractivity contribution in [3.63, 3.8) is 0 Å². The third kappa shape index (κ3) is 5.60. The van der Waals surface area contributed by atoms with E-state index < -0.39 is 0 Å². The minimum atomic E-state index is -0.0256. The molecular weight excluding hydrogens is 494 g/mol. The van der Waals surface area contributed by atoms with Crippen LogP contribution in [0.4, 0.5) is 0 Å². The molecule has 2 heterocycles. The Morgan fingerprint density at radius 3 is 2.50 bits per heavy atom. The van der Waals surface area contributed by atoms with Crippen molar-refractivity contribution in [1.29, 1.82) is 0 Å². The summed E-state index contributed by atoms with van der Waals surface area (Å²) in [7, 11) is 0. The maximum Gasteiger partial charge on any atom is 0.254 e. The average molecular weight is 528 g/mol. The van der Waals surface area contributed by atoms with Crippen LogP contribution in [0.15, 0.2) is 78.0 Å². The van der Waals surface area contributed by atoms with E-state index in [1.807, 2.05) is 84.3 Å². The number of thioether (sulfide) groups is 1. The molecule has 0 spiro atoms. The molecule has 1 saturated heterocycles. The van der Waals surface area contributed by atoms with Crippen molar-refractivity contribution in [3.8, 4) is 5.69 Å². The lowest BCUT2D eigenvalue weighted by molar-refractivity contribution is -0.133. The molecule has 38 heavy (non-hydrogen) atoms. The number of hydrogen-bond acceptors (Lipinski definition) is 5. The zero-order valence-corrected chi connectivity index (χ0v) is 22.7. The number of aromatic nitrogens is 3. The van der Waals surface area contributed by atoms with Gasteiger partial charge in [-0.05, 0) is 55.7 Å². The van der Waals surface area contributed by atoms with Gasteiger partial charge in [0.15, 0.2) is 5.16 Å². The predicted molar refractivity (Wildman–Crippen MR) is 152 cm³/mol. The zero-order valence-electron chi connectivity index (χ0n) is 21.9. The van der Waals surface area contributed by atoms with Crippen LogP contribution < -0.4 is 0 Å². The van der Waals surface area contributed by atoms with Gasteiger partial charge in [-0.25, -0.2) is 0 Å². The van der Waals surface area contributed by atoms with E-state index in [-0.39, 0.29) is 17.9 Å². The van der Waals surface area contributed by atoms with E-state index in [9.17, 15) is 9.59 Å². The topological polar surface area (TPSA) is 71.3 Å². The number of hydrogen-bond donors (Lipinski definition) is 0. The molecule has 0 N–H and O–H groups in total. The van der Waals surface area contributed by atoms with Crippen LogP contribution in [0.5, 0.6) is 0 Å². The minimum Gasteiger partial charge on any atom is -0.339 e. The molecule has 1 aliphatic rings. The monoisotopic (exact) mass is 527 g/mol. The van der Waals surface area contributed by atoms with Crippen molar-refractivity contribution >= 4 is 34.3 Å². The Balaban J connectivity index is 1.09. The summed E-state index contributed by atoms with van der Waals surface area (Å²) in [4.78, 5) is 30.1. The van der Waals surface area contributed by atoms with Gasteiger partial charge in [0.1, 0.15) is 5.82 Å². The van der Waals surface area contributed by atoms with E-state index in [1.165, 1.54) is 0 Å². The van der Waals surface area contributed by atoms with Crippen molar-refractivity contribution in [2.75, 3.05) is 25.4 Å². The van der Waals surface area contributed by atoms with Gasteiger partial charge in [-0.15, -0.1) is 10.2 Å². The lowest BCUT2D eigenvalue weighted by Crippen LogP contribution is -2.55. The number of para-hydroxylation sites is 1. The number of benzene rings is 3. The SMILES string of the molecule is Cc1nnc(SCCCCC(=O)N2CCN(C(=O)c3cccc4ccccc34)C(C)C2)n1-c1ccccc1. The summed E-state index contributed by atoms with van der Waals surface area (Å²) < 4.78 is 2.07. The van der Waals surface area contributed by atoms with E-state index in [1.54, 1.807) is 11.8 Å². The lowest BCUT2D eigenvalue weighted by atomic mass is 10.0. The molecule has 2 amide bonds. The molecular formula is C30H33N5O2S. The number of rotatable bonds is 8. The first-order chi connectivity index (χ1) is 18.5. The normalized spacial score (nSPS) is 15.7. The highest BCUT2D eigenvalue weighted by Gasteiger charge is 2.30. The Kier molecular flexibility index (Phi) is 8.08. The Labute approximate surface area is 227 Å². The predicted octanol–water partition coefficient (Wildman–Crippen LogP) is 5.36. The number of piperazine rings is 1. The average Bonchev–Trinajstić information content (AvgIpc) is 3.32. The molecule has 5 rings (SSSR count). The maximum atomic E-state index is 13.4. The number of amides is 2. The summed E-state index contributed by atoms with van der Waals surface area (Å²) in [5.74, 6) is 1.95. The fourth-order valence-corrected chi connectivity index (χ4v) is 6.06. The molecule has 1 atom stereocenters. The second-order valence-corrected chi connectivity index (χ2v) is 10.8. The third-order valence-corrected chi connectivity index (χ3v) is 8.10. The highest BCUT2D eigenvalue weighted by atomic mass is 32.2. The number of carbonyl (C=O) groups is 2. The van der Waals surface area contributed by atoms with Gasteiger partial charge in [0.2, 0.25) is 5.91 Å². The van der Waals surface area contributed by atoms with Crippen LogP contribution in [0.25, 0.3) is 16.5 Å². The van der Waals surface area contributed by atoms with Crippen molar-refractivity contribution in [3.05, 3.63) is 84.2 Å². The van der Waals surface area contributed by atoms with E-state index in [4.69, 9.17) is 0 Å². The van der Waals surface area contributed by atoms with Crippen LogP contribution in [-0.2, 0) is 4.79 Å². The largest absolute Gasteiger partial charge is 0.339 e. The van der Waals surface area contributed by atoms with Gasteiger partial charge in [0, 0.05) is 49.1 Å². The highest BCUT2D eigenvalue weighted by molar-refractivity contribution is 7.99. The molecule has 0 aliphatic carbocycles. The number of unbranched alkanes of at least 4 members (excludes halogenated alkanes) is 1. The zero-order chi connectivity index (χ0) is 26.5. The summed E-state index contributed by atoms with van der Waals surface area (Å²) in [5.41, 5.74) is 1.78. The number of fused-ring (bicyclic) bond motifs is 1. The standard InChI is InChI=1S/C30H33N5O2S/c1-22-21-33(18-19-34(22)29(37)27-16-10-12-24-11-6-7-15-26(24)27)28(36)17-8-9-20-38-30-32-31-23(2)35(30)25-13-4-3-5-14-25/h3-7,10-16,22H,8-9,17-21H2,1-2H3. The Bertz CT molecular complexity index is 1420. The second-order valence-electron chi connectivity index (χ2n) is 9.72. The summed E-state index contributed by atoms with van der Waals surface area (Å²) in [5, 5.41) is 11.5. The smallest absolute Gasteiger partial charge is 0.254 e. The fourth-order valence-electron chi connectivity index (χ4n) is 5.06. The van der Waals surface area contributed by atoms with Crippen molar-refractivity contribution in [2.45, 2.75) is 44.3 Å². The van der Waals surface area contributed by atoms with Gasteiger partial charge in [-0.2, -0.15) is 0 Å². The van der Waals surface area contributed by atoms with Crippen LogP contribution in [-0.4, -0.2) is 67.8 Å². The van der Waals surface area contributed by atoms with Crippen molar-refractivity contribution < 1.29 is 9.59 Å². The minimum absolute atomic E-state index is 0.0256. The summed E-state index contributed by atoms with van der Waals surface area (Å²) in [6.07, 6.45) is 2.27. The molecule has 1 aliphatic heterocycles. The first-order valence-corrected chi connectivity index (χ1v) is 14.2. The van der Waals surface area contributed by atoms with Crippen LogP contribution in [0, 0.1) is 6.92 Å². The first-order valence-electron chi connectivity index (χ1n) is 13.2. The molecule has 1 fully saturated rings. The summed E-state index contributed by atoms with van der Waals surface area (Å²) >= 11 is 1.67. The molecule has 8 heteroatoms. The molecule has 0 radical (unpaired) electrons. The molecule has 3 aromatic carbocycles. The Morgan fingerprint density at radius 2 is 1.68 bits per heavy atom. The molecule has 0 bridgehead atoms. The highest BCUT2D eigenvalue weighted by Crippen LogP contribution is 2.24. The molecule has 7 nitrogen and oxygen atoms in total. The van der Waals surface area contributed by atoms with Crippen LogP contribution in [0.3, 0.4) is 0 Å². The van der Waals surface area contributed by atoms with Gasteiger partial charge < -0.3 is 9.80 Å². The maximum absolute atomic E-state index is 13.4. The van der Waals surface area contributed by atoms with Gasteiger partial charge in [0.25, 0.3) is 5.91 Å².